The summed E-state index contributed by atoms with van der Waals surface area (Å²) in [6, 6.07) is 0. The largest absolute Gasteiger partial charge is 0.483 e. The number of phosphoric ester groups is 2. The number of nitrogens with one attached hydrogen (secondary N) is 1. The number of aromatic amines is 1. The number of H-pyrrole nitrogens is 1. The van der Waals surface area contributed by atoms with Crippen LogP contribution in [0.3, 0.4) is 0 Å². The van der Waals surface area contributed by atoms with Gasteiger partial charge in [-0.25, -0.2) is 14.1 Å². The van der Waals surface area contributed by atoms with Gasteiger partial charge in [-0.15, -0.1) is 0 Å². The molecular weight excluding hydrogens is 606 g/mol. The number of nitrogens with two attached hydrogens (primary N) is 1. The third-order valence-electron chi connectivity index (χ3n) is 5.90. The van der Waals surface area contributed by atoms with Crippen molar-refractivity contribution in [2.45, 2.75) is 55.2 Å². The van der Waals surface area contributed by atoms with Gasteiger partial charge in [0.05, 0.1) is 25.6 Å². The summed E-state index contributed by atoms with van der Waals surface area (Å²) in [7, 11) is -11.1. The minimum Gasteiger partial charge on any atom is -0.388 e. The van der Waals surface area contributed by atoms with Crippen molar-refractivity contribution in [2.75, 3.05) is 18.9 Å². The predicted octanol–water partition coefficient (Wildman–Crippen LogP) is -3.31. The maximum absolute atomic E-state index is 12.4. The van der Waals surface area contributed by atoms with Gasteiger partial charge in [0.2, 0.25) is 5.95 Å². The lowest BCUT2D eigenvalue weighted by molar-refractivity contribution is -0.272. The highest BCUT2D eigenvalue weighted by Gasteiger charge is 2.49. The van der Waals surface area contributed by atoms with Crippen molar-refractivity contribution in [1.82, 2.24) is 19.5 Å². The zero-order valence-corrected chi connectivity index (χ0v) is 22.0. The first-order chi connectivity index (χ1) is 19.1. The fourth-order valence-corrected chi connectivity index (χ4v) is 6.13. The first-order valence-corrected chi connectivity index (χ1v) is 14.3. The third kappa shape index (κ3) is 6.75. The summed E-state index contributed by atoms with van der Waals surface area (Å²) in [5, 5.41) is 53.7. The van der Waals surface area contributed by atoms with Crippen LogP contribution in [0.5, 0.6) is 0 Å². The van der Waals surface area contributed by atoms with Crippen LogP contribution in [-0.2, 0) is 32.0 Å². The number of aliphatic hydroxyl groups is 5. The second kappa shape index (κ2) is 12.0. The van der Waals surface area contributed by atoms with E-state index >= 15 is 0 Å². The van der Waals surface area contributed by atoms with Crippen molar-refractivity contribution in [1.29, 1.82) is 0 Å². The number of ether oxygens (including phenoxy) is 2. The van der Waals surface area contributed by atoms with Crippen LogP contribution < -0.4 is 11.3 Å². The molecule has 11 atom stereocenters. The van der Waals surface area contributed by atoms with Crippen LogP contribution in [0.4, 0.5) is 5.95 Å². The number of hydrogen-bond acceptors (Lipinski definition) is 17. The summed E-state index contributed by atoms with van der Waals surface area (Å²) in [4.78, 5) is 44.2. The van der Waals surface area contributed by atoms with Crippen molar-refractivity contribution in [3.63, 3.8) is 0 Å². The highest BCUT2D eigenvalue weighted by Crippen LogP contribution is 2.61. The maximum atomic E-state index is 12.4. The summed E-state index contributed by atoms with van der Waals surface area (Å²) < 4.78 is 49.5. The number of rotatable bonds is 10. The van der Waals surface area contributed by atoms with Gasteiger partial charge in [0.1, 0.15) is 36.6 Å². The van der Waals surface area contributed by atoms with Gasteiger partial charge in [0.25, 0.3) is 5.56 Å². The highest BCUT2D eigenvalue weighted by molar-refractivity contribution is 7.61. The Morgan fingerprint density at radius 2 is 1.76 bits per heavy atom. The predicted molar refractivity (Wildman–Crippen MR) is 127 cm³/mol. The van der Waals surface area contributed by atoms with E-state index in [2.05, 4.69) is 38.3 Å². The van der Waals surface area contributed by atoms with Gasteiger partial charge < -0.3 is 50.5 Å². The minimum atomic E-state index is -5.63. The zero-order valence-electron chi connectivity index (χ0n) is 20.2. The molecule has 2 aliphatic rings. The molecule has 0 saturated carbocycles. The van der Waals surface area contributed by atoms with Crippen LogP contribution in [-0.4, -0.2) is 117 Å². The molecule has 2 fully saturated rings. The van der Waals surface area contributed by atoms with Crippen LogP contribution in [0.2, 0.25) is 0 Å². The number of fused-ring (bicyclic) bond motifs is 1. The van der Waals surface area contributed by atoms with E-state index in [4.69, 9.17) is 20.7 Å². The molecule has 0 aliphatic carbocycles. The molecule has 23 nitrogen and oxygen atoms in total. The zero-order chi connectivity index (χ0) is 30.3. The first kappa shape index (κ1) is 31.4. The van der Waals surface area contributed by atoms with Crippen LogP contribution in [0.15, 0.2) is 16.2 Å². The molecule has 0 aromatic carbocycles. The standard InChI is InChI=1S/C16H24N8O15P2/c17-16-21-12-6(13(30)22-16)19-3-24(12)14-10(28)8(26)5(36-14)2-35-40(31,32)39-41(33,34)38-15-11(29)9(27)7(25)4(37-15)1-20-23-18/h3-5,7-11,14-15,25-29H,1-2H2,(H,31,32)(H,33,34)(H3,17,21,22,30)/t4-,5+,7+,8-,9+,10?,11-,14+,15?/m0/s1. The Morgan fingerprint density at radius 3 is 2.44 bits per heavy atom. The topological polar surface area (TPSA) is 360 Å². The van der Waals surface area contributed by atoms with Crippen LogP contribution in [0.25, 0.3) is 21.6 Å². The average Bonchev–Trinajstić information content (AvgIpc) is 3.42. The lowest BCUT2D eigenvalue weighted by Gasteiger charge is -2.39. The molecule has 2 aromatic rings. The second-order valence-corrected chi connectivity index (χ2v) is 11.7. The number of nitrogens with zero attached hydrogens (tertiary/aromatic N) is 6. The van der Waals surface area contributed by atoms with E-state index in [-0.39, 0.29) is 17.1 Å². The Morgan fingerprint density at radius 1 is 1.07 bits per heavy atom. The van der Waals surface area contributed by atoms with Gasteiger partial charge in [-0.2, -0.15) is 9.29 Å². The number of anilines is 1. The Kier molecular flexibility index (Phi) is 9.16. The number of aliphatic hydroxyl groups excluding tert-OH is 5. The van der Waals surface area contributed by atoms with E-state index in [0.29, 0.717) is 0 Å². The molecule has 0 spiro atoms. The summed E-state index contributed by atoms with van der Waals surface area (Å²) in [6.07, 6.45) is -15.1. The van der Waals surface area contributed by atoms with E-state index in [0.717, 1.165) is 10.9 Å². The molecule has 4 unspecified atom stereocenters. The number of aromatic nitrogens is 4. The Balaban J connectivity index is 1.39. The average molecular weight is 630 g/mol. The van der Waals surface area contributed by atoms with Crippen LogP contribution in [0.1, 0.15) is 6.23 Å². The summed E-state index contributed by atoms with van der Waals surface area (Å²) in [6.45, 7) is -1.60. The Labute approximate surface area is 226 Å². The van der Waals surface area contributed by atoms with Gasteiger partial charge in [-0.3, -0.25) is 23.4 Å². The van der Waals surface area contributed by atoms with Crippen molar-refractivity contribution < 1.29 is 67.3 Å². The summed E-state index contributed by atoms with van der Waals surface area (Å²) in [5.41, 5.74) is 12.9. The minimum absolute atomic E-state index is 0.120. The lowest BCUT2D eigenvalue weighted by atomic mass is 9.99. The number of hydrogen-bond donors (Lipinski definition) is 9. The highest BCUT2D eigenvalue weighted by atomic mass is 31.3. The van der Waals surface area contributed by atoms with Crippen molar-refractivity contribution in [3.05, 3.63) is 27.1 Å². The van der Waals surface area contributed by atoms with Gasteiger partial charge in [-0.1, -0.05) is 5.11 Å². The van der Waals surface area contributed by atoms with Gasteiger partial charge in [0, 0.05) is 4.91 Å². The van der Waals surface area contributed by atoms with Crippen molar-refractivity contribution in [2.24, 2.45) is 5.11 Å². The molecule has 0 radical (unpaired) electrons. The molecule has 2 saturated heterocycles. The number of imidazole rings is 1. The van der Waals surface area contributed by atoms with Crippen LogP contribution in [0, 0.1) is 0 Å². The SMILES string of the molecule is [N-]=[N+]=NC[C@@H]1OC(OP(=O)(O)OP(=O)(O)OC[C@H]2O[C@@H](n3cnc4c(=O)[nH]c(N)nc43)C(O)[C@H]2O)[C@@H](O)[C@H](O)[C@@H]1O. The van der Waals surface area contributed by atoms with E-state index in [1.165, 1.54) is 0 Å². The molecule has 2 aliphatic heterocycles. The van der Waals surface area contributed by atoms with E-state index in [1.54, 1.807) is 0 Å². The number of azide groups is 1. The lowest BCUT2D eigenvalue weighted by Crippen LogP contribution is -2.58. The molecule has 4 heterocycles. The summed E-state index contributed by atoms with van der Waals surface area (Å²) in [5.74, 6) is -0.283. The molecule has 41 heavy (non-hydrogen) atoms. The molecule has 4 rings (SSSR count). The van der Waals surface area contributed by atoms with Gasteiger partial charge >= 0.3 is 15.6 Å². The molecular formula is C16H24N8O15P2. The van der Waals surface area contributed by atoms with Crippen LogP contribution >= 0.6 is 15.6 Å². The van der Waals surface area contributed by atoms with E-state index in [1.807, 2.05) is 0 Å². The molecule has 0 amide bonds. The molecule has 0 bridgehead atoms. The van der Waals surface area contributed by atoms with Gasteiger partial charge in [-0.05, 0) is 5.53 Å². The van der Waals surface area contributed by atoms with E-state index < -0.39 is 89.6 Å². The van der Waals surface area contributed by atoms with Crippen molar-refractivity contribution >= 4 is 32.8 Å². The van der Waals surface area contributed by atoms with Crippen molar-refractivity contribution in [3.8, 4) is 0 Å². The van der Waals surface area contributed by atoms with Gasteiger partial charge in [0.15, 0.2) is 23.7 Å². The maximum Gasteiger partial charge on any atom is 0.483 e. The smallest absolute Gasteiger partial charge is 0.388 e. The number of nitrogen functional groups attached to an aromatic ring is 1. The second-order valence-electron chi connectivity index (χ2n) is 8.67. The molecule has 25 heteroatoms. The summed E-state index contributed by atoms with van der Waals surface area (Å²) >= 11 is 0. The fraction of sp³-hybridized carbons (Fsp3) is 0.688. The Bertz CT molecular complexity index is 1470. The normalized spacial score (nSPS) is 35.0. The quantitative estimate of drug-likeness (QED) is 0.0536. The number of phosphoric acid groups is 2. The fourth-order valence-electron chi connectivity index (χ4n) is 3.97. The van der Waals surface area contributed by atoms with E-state index in [9.17, 15) is 49.2 Å². The molecule has 2 aromatic heterocycles. The third-order valence-corrected chi connectivity index (χ3v) is 8.50. The monoisotopic (exact) mass is 630 g/mol. The first-order valence-electron chi connectivity index (χ1n) is 11.3. The molecule has 10 N–H and O–H groups in total. The Hall–Kier alpha value is -2.56. The molecule has 228 valence electrons.